The lowest BCUT2D eigenvalue weighted by atomic mass is 10.2. The number of rotatable bonds is 5. The summed E-state index contributed by atoms with van der Waals surface area (Å²) in [5, 5.41) is 14.3. The highest BCUT2D eigenvalue weighted by Crippen LogP contribution is 2.23. The van der Waals surface area contributed by atoms with Gasteiger partial charge in [0.25, 0.3) is 0 Å². The highest BCUT2D eigenvalue weighted by atomic mass is 16.4. The number of fused-ring (bicyclic) bond motifs is 1. The summed E-state index contributed by atoms with van der Waals surface area (Å²) < 4.78 is 2.22. The van der Waals surface area contributed by atoms with Gasteiger partial charge in [0, 0.05) is 28.7 Å². The second-order valence-corrected chi connectivity index (χ2v) is 5.86. The van der Waals surface area contributed by atoms with E-state index < -0.39 is 5.97 Å². The Kier molecular flexibility index (Phi) is 4.33. The van der Waals surface area contributed by atoms with Crippen LogP contribution in [0.15, 0.2) is 59.8 Å². The average Bonchev–Trinajstić information content (AvgIpc) is 2.95. The van der Waals surface area contributed by atoms with E-state index in [2.05, 4.69) is 47.3 Å². The number of nitrogens with one attached hydrogen (secondary N) is 1. The molecule has 0 radical (unpaired) electrons. The third kappa shape index (κ3) is 3.15. The van der Waals surface area contributed by atoms with Crippen molar-refractivity contribution in [2.75, 3.05) is 5.43 Å². The molecule has 0 aliphatic carbocycles. The van der Waals surface area contributed by atoms with Crippen molar-refractivity contribution in [2.24, 2.45) is 5.10 Å². The number of benzene rings is 2. The fourth-order valence-corrected chi connectivity index (χ4v) is 2.63. The molecule has 0 bridgehead atoms. The topological polar surface area (TPSA) is 66.6 Å². The predicted molar refractivity (Wildman–Crippen MR) is 96.9 cm³/mol. The molecule has 0 unspecified atom stereocenters. The van der Waals surface area contributed by atoms with Crippen LogP contribution < -0.4 is 5.43 Å². The number of hydrogen-bond acceptors (Lipinski definition) is 3. The average molecular weight is 321 g/mol. The number of carboxylic acid groups (broad SMARTS) is 1. The molecule has 3 rings (SSSR count). The van der Waals surface area contributed by atoms with Crippen molar-refractivity contribution in [3.05, 3.63) is 65.9 Å². The van der Waals surface area contributed by atoms with E-state index >= 15 is 0 Å². The number of carboxylic acids is 1. The first-order valence-electron chi connectivity index (χ1n) is 7.78. The fraction of sp³-hybridized carbons (Fsp3) is 0.158. The van der Waals surface area contributed by atoms with Crippen molar-refractivity contribution in [1.82, 2.24) is 4.57 Å². The van der Waals surface area contributed by atoms with Crippen LogP contribution >= 0.6 is 0 Å². The summed E-state index contributed by atoms with van der Waals surface area (Å²) in [4.78, 5) is 10.8. The van der Waals surface area contributed by atoms with E-state index in [0.29, 0.717) is 6.04 Å². The second-order valence-electron chi connectivity index (χ2n) is 5.86. The molecule has 0 amide bonds. The number of aromatic carboxylic acids is 1. The van der Waals surface area contributed by atoms with Crippen LogP contribution in [0.5, 0.6) is 0 Å². The lowest BCUT2D eigenvalue weighted by Gasteiger charge is -2.08. The summed E-state index contributed by atoms with van der Waals surface area (Å²) in [6, 6.07) is 15.1. The molecule has 0 atom stereocenters. The number of nitrogens with zero attached hydrogens (tertiary/aromatic N) is 2. The van der Waals surface area contributed by atoms with E-state index in [0.717, 1.165) is 16.6 Å². The maximum Gasteiger partial charge on any atom is 0.335 e. The summed E-state index contributed by atoms with van der Waals surface area (Å²) in [6.07, 6.45) is 3.88. The first-order chi connectivity index (χ1) is 11.6. The number of hydrogen-bond donors (Lipinski definition) is 2. The largest absolute Gasteiger partial charge is 0.478 e. The Morgan fingerprint density at radius 1 is 1.17 bits per heavy atom. The van der Waals surface area contributed by atoms with Gasteiger partial charge in [-0.2, -0.15) is 5.10 Å². The van der Waals surface area contributed by atoms with Gasteiger partial charge < -0.3 is 9.67 Å². The molecule has 0 aliphatic rings. The lowest BCUT2D eigenvalue weighted by Crippen LogP contribution is -1.98. The Bertz CT molecular complexity index is 893. The first-order valence-corrected chi connectivity index (χ1v) is 7.78. The zero-order chi connectivity index (χ0) is 17.1. The van der Waals surface area contributed by atoms with Crippen LogP contribution in [-0.4, -0.2) is 21.9 Å². The van der Waals surface area contributed by atoms with Crippen molar-refractivity contribution in [3.63, 3.8) is 0 Å². The van der Waals surface area contributed by atoms with Gasteiger partial charge in [0.1, 0.15) is 0 Å². The number of anilines is 1. The number of hydrazone groups is 1. The SMILES string of the molecule is CC(C)n1cc(/C=N\Nc2ccc(C(=O)O)cc2)c2ccccc21. The van der Waals surface area contributed by atoms with Crippen LogP contribution in [0.25, 0.3) is 10.9 Å². The molecule has 122 valence electrons. The lowest BCUT2D eigenvalue weighted by molar-refractivity contribution is 0.0697. The minimum absolute atomic E-state index is 0.254. The maximum atomic E-state index is 10.8. The minimum atomic E-state index is -0.938. The molecule has 0 fully saturated rings. The van der Waals surface area contributed by atoms with Crippen molar-refractivity contribution in [2.45, 2.75) is 19.9 Å². The Labute approximate surface area is 140 Å². The Hall–Kier alpha value is -3.08. The van der Waals surface area contributed by atoms with Gasteiger partial charge in [-0.25, -0.2) is 4.79 Å². The second kappa shape index (κ2) is 6.58. The van der Waals surface area contributed by atoms with Crippen molar-refractivity contribution in [1.29, 1.82) is 0 Å². The Morgan fingerprint density at radius 2 is 1.88 bits per heavy atom. The van der Waals surface area contributed by atoms with Gasteiger partial charge in [-0.05, 0) is 44.2 Å². The van der Waals surface area contributed by atoms with Crippen LogP contribution in [0.3, 0.4) is 0 Å². The zero-order valence-corrected chi connectivity index (χ0v) is 13.6. The molecule has 3 aromatic rings. The quantitative estimate of drug-likeness (QED) is 0.542. The van der Waals surface area contributed by atoms with Crippen LogP contribution in [0, 0.1) is 0 Å². The number of para-hydroxylation sites is 1. The molecule has 1 aromatic heterocycles. The van der Waals surface area contributed by atoms with E-state index in [9.17, 15) is 4.79 Å². The minimum Gasteiger partial charge on any atom is -0.478 e. The molecule has 0 spiro atoms. The van der Waals surface area contributed by atoms with Crippen LogP contribution in [0.4, 0.5) is 5.69 Å². The van der Waals surface area contributed by atoms with Crippen molar-refractivity contribution >= 4 is 28.8 Å². The van der Waals surface area contributed by atoms with Crippen LogP contribution in [0.2, 0.25) is 0 Å². The summed E-state index contributed by atoms with van der Waals surface area (Å²) >= 11 is 0. The van der Waals surface area contributed by atoms with E-state index in [1.807, 2.05) is 12.1 Å². The number of carbonyl (C=O) groups is 1. The smallest absolute Gasteiger partial charge is 0.335 e. The Balaban J connectivity index is 1.82. The molecule has 0 saturated carbocycles. The molecule has 2 N–H and O–H groups in total. The molecule has 5 heteroatoms. The van der Waals surface area contributed by atoms with Crippen LogP contribution in [0.1, 0.15) is 35.8 Å². The van der Waals surface area contributed by atoms with Crippen molar-refractivity contribution in [3.8, 4) is 0 Å². The first kappa shape index (κ1) is 15.8. The molecular formula is C19H19N3O2. The summed E-state index contributed by atoms with van der Waals surface area (Å²) in [5.74, 6) is -0.938. The van der Waals surface area contributed by atoms with E-state index in [1.165, 1.54) is 5.52 Å². The molecule has 24 heavy (non-hydrogen) atoms. The molecule has 0 aliphatic heterocycles. The molecule has 0 saturated heterocycles. The van der Waals surface area contributed by atoms with Gasteiger partial charge in [-0.15, -0.1) is 0 Å². The van der Waals surface area contributed by atoms with Gasteiger partial charge in [-0.3, -0.25) is 5.43 Å². The van der Waals surface area contributed by atoms with E-state index in [4.69, 9.17) is 5.11 Å². The van der Waals surface area contributed by atoms with Crippen LogP contribution in [-0.2, 0) is 0 Å². The monoisotopic (exact) mass is 321 g/mol. The van der Waals surface area contributed by atoms with Crippen molar-refractivity contribution < 1.29 is 9.90 Å². The predicted octanol–water partition coefficient (Wildman–Crippen LogP) is 4.37. The molecule has 5 nitrogen and oxygen atoms in total. The third-order valence-electron chi connectivity index (χ3n) is 3.86. The van der Waals surface area contributed by atoms with Gasteiger partial charge >= 0.3 is 5.97 Å². The van der Waals surface area contributed by atoms with Gasteiger partial charge in [0.15, 0.2) is 0 Å². The summed E-state index contributed by atoms with van der Waals surface area (Å²) in [7, 11) is 0. The standard InChI is InChI=1S/C19H19N3O2/c1-13(2)22-12-15(17-5-3-4-6-18(17)22)11-20-21-16-9-7-14(8-10-16)19(23)24/h3-13,21H,1-2H3,(H,23,24)/b20-11-. The summed E-state index contributed by atoms with van der Waals surface area (Å²) in [6.45, 7) is 4.30. The number of aromatic nitrogens is 1. The molecule has 1 heterocycles. The third-order valence-corrected chi connectivity index (χ3v) is 3.86. The zero-order valence-electron chi connectivity index (χ0n) is 13.6. The van der Waals surface area contributed by atoms with Gasteiger partial charge in [0.2, 0.25) is 0 Å². The van der Waals surface area contributed by atoms with E-state index in [-0.39, 0.29) is 5.56 Å². The van der Waals surface area contributed by atoms with Gasteiger partial charge in [-0.1, -0.05) is 18.2 Å². The van der Waals surface area contributed by atoms with Gasteiger partial charge in [0.05, 0.1) is 17.5 Å². The normalized spacial score (nSPS) is 11.5. The molecular weight excluding hydrogens is 302 g/mol. The highest BCUT2D eigenvalue weighted by molar-refractivity contribution is 5.99. The Morgan fingerprint density at radius 3 is 2.54 bits per heavy atom. The summed E-state index contributed by atoms with van der Waals surface area (Å²) in [5.41, 5.74) is 6.14. The fourth-order valence-electron chi connectivity index (χ4n) is 2.63. The maximum absolute atomic E-state index is 10.8. The molecule has 2 aromatic carbocycles. The van der Waals surface area contributed by atoms with E-state index in [1.54, 1.807) is 30.5 Å². The highest BCUT2D eigenvalue weighted by Gasteiger charge is 2.08.